The second kappa shape index (κ2) is 7.91. The van der Waals surface area contributed by atoms with Gasteiger partial charge < -0.3 is 9.64 Å². The predicted octanol–water partition coefficient (Wildman–Crippen LogP) is 3.41. The van der Waals surface area contributed by atoms with Gasteiger partial charge in [-0.05, 0) is 30.0 Å². The molecule has 26 heavy (non-hydrogen) atoms. The van der Waals surface area contributed by atoms with Crippen LogP contribution in [0, 0.1) is 6.92 Å². The summed E-state index contributed by atoms with van der Waals surface area (Å²) in [6, 6.07) is 9.59. The van der Waals surface area contributed by atoms with Crippen molar-refractivity contribution in [3.05, 3.63) is 65.0 Å². The molecule has 0 saturated carbocycles. The average molecular weight is 351 g/mol. The van der Waals surface area contributed by atoms with Gasteiger partial charge in [0.05, 0.1) is 6.20 Å². The molecule has 0 fully saturated rings. The summed E-state index contributed by atoms with van der Waals surface area (Å²) in [5, 5.41) is 7.86. The van der Waals surface area contributed by atoms with Gasteiger partial charge in [0.15, 0.2) is 5.78 Å². The van der Waals surface area contributed by atoms with E-state index in [4.69, 9.17) is 4.74 Å². The summed E-state index contributed by atoms with van der Waals surface area (Å²) in [4.78, 5) is 25.8. The summed E-state index contributed by atoms with van der Waals surface area (Å²) in [7, 11) is 0. The minimum atomic E-state index is -0.333. The average Bonchev–Trinajstić information content (AvgIpc) is 2.67. The van der Waals surface area contributed by atoms with Crippen LogP contribution >= 0.6 is 0 Å². The number of aromatic nitrogens is 2. The summed E-state index contributed by atoms with van der Waals surface area (Å²) in [6.45, 7) is 4.65. The lowest BCUT2D eigenvalue weighted by Crippen LogP contribution is -2.35. The highest BCUT2D eigenvalue weighted by atomic mass is 16.6. The SMILES string of the molecule is CC(=O)c1nncc(C)c1C1=CCN(C(=O)OCc2ccccc2)CC1. The maximum atomic E-state index is 12.3. The zero-order chi connectivity index (χ0) is 18.5. The highest BCUT2D eigenvalue weighted by molar-refractivity contribution is 5.97. The van der Waals surface area contributed by atoms with Gasteiger partial charge in [-0.2, -0.15) is 5.10 Å². The van der Waals surface area contributed by atoms with Crippen LogP contribution in [0.25, 0.3) is 5.57 Å². The Hall–Kier alpha value is -3.02. The van der Waals surface area contributed by atoms with Crippen molar-refractivity contribution in [2.24, 2.45) is 0 Å². The first-order valence-corrected chi connectivity index (χ1v) is 8.54. The first-order valence-electron chi connectivity index (χ1n) is 8.54. The lowest BCUT2D eigenvalue weighted by atomic mass is 9.94. The van der Waals surface area contributed by atoms with Crippen LogP contribution in [-0.4, -0.2) is 40.1 Å². The zero-order valence-corrected chi connectivity index (χ0v) is 14.9. The smallest absolute Gasteiger partial charge is 0.410 e. The van der Waals surface area contributed by atoms with E-state index in [-0.39, 0.29) is 18.5 Å². The minimum Gasteiger partial charge on any atom is -0.445 e. The quantitative estimate of drug-likeness (QED) is 0.789. The van der Waals surface area contributed by atoms with Crippen LogP contribution in [0.3, 0.4) is 0 Å². The molecule has 2 aromatic rings. The first-order chi connectivity index (χ1) is 12.6. The molecule has 1 aromatic heterocycles. The van der Waals surface area contributed by atoms with Gasteiger partial charge in [-0.15, -0.1) is 5.10 Å². The lowest BCUT2D eigenvalue weighted by Gasteiger charge is -2.26. The summed E-state index contributed by atoms with van der Waals surface area (Å²) >= 11 is 0. The molecule has 134 valence electrons. The third kappa shape index (κ3) is 3.96. The number of carbonyl (C=O) groups is 2. The van der Waals surface area contributed by atoms with Crippen molar-refractivity contribution in [1.82, 2.24) is 15.1 Å². The van der Waals surface area contributed by atoms with Crippen molar-refractivity contribution >= 4 is 17.4 Å². The minimum absolute atomic E-state index is 0.109. The van der Waals surface area contributed by atoms with Crippen molar-refractivity contribution in [1.29, 1.82) is 0 Å². The first kappa shape index (κ1) is 17.8. The van der Waals surface area contributed by atoms with E-state index < -0.39 is 0 Å². The molecule has 1 amide bonds. The molecule has 1 aliphatic rings. The Labute approximate surface area is 152 Å². The monoisotopic (exact) mass is 351 g/mol. The molecule has 0 atom stereocenters. The van der Waals surface area contributed by atoms with Crippen molar-refractivity contribution in [2.45, 2.75) is 26.9 Å². The number of aryl methyl sites for hydroxylation is 1. The van der Waals surface area contributed by atoms with E-state index in [0.717, 1.165) is 22.3 Å². The molecule has 0 bridgehead atoms. The fourth-order valence-electron chi connectivity index (χ4n) is 3.00. The van der Waals surface area contributed by atoms with E-state index in [2.05, 4.69) is 10.2 Å². The standard InChI is InChI=1S/C20H21N3O3/c1-14-12-21-22-19(15(2)24)18(14)17-8-10-23(11-9-17)20(25)26-13-16-6-4-3-5-7-16/h3-8,12H,9-11,13H2,1-2H3. The molecule has 3 rings (SSSR count). The Morgan fingerprint density at radius 3 is 2.65 bits per heavy atom. The Kier molecular flexibility index (Phi) is 5.41. The summed E-state index contributed by atoms with van der Waals surface area (Å²) in [6.07, 6.45) is 3.93. The maximum absolute atomic E-state index is 12.3. The molecule has 6 heteroatoms. The molecule has 0 aliphatic carbocycles. The Morgan fingerprint density at radius 2 is 2.00 bits per heavy atom. The van der Waals surface area contributed by atoms with Gasteiger partial charge >= 0.3 is 6.09 Å². The second-order valence-corrected chi connectivity index (χ2v) is 6.27. The van der Waals surface area contributed by atoms with Gasteiger partial charge in [-0.1, -0.05) is 36.4 Å². The molecule has 0 radical (unpaired) electrons. The largest absolute Gasteiger partial charge is 0.445 e. The Bertz CT molecular complexity index is 847. The van der Waals surface area contributed by atoms with E-state index in [9.17, 15) is 9.59 Å². The van der Waals surface area contributed by atoms with Crippen LogP contribution in [0.2, 0.25) is 0 Å². The molecule has 2 heterocycles. The van der Waals surface area contributed by atoms with Crippen LogP contribution in [0.1, 0.15) is 40.5 Å². The molecule has 1 aromatic carbocycles. The highest BCUT2D eigenvalue weighted by Crippen LogP contribution is 2.27. The number of ether oxygens (including phenoxy) is 1. The number of hydrogen-bond acceptors (Lipinski definition) is 5. The van der Waals surface area contributed by atoms with Crippen LogP contribution in [-0.2, 0) is 11.3 Å². The van der Waals surface area contributed by atoms with Crippen LogP contribution in [0.4, 0.5) is 4.79 Å². The predicted molar refractivity (Wildman–Crippen MR) is 97.6 cm³/mol. The lowest BCUT2D eigenvalue weighted by molar-refractivity contribution is 0.0990. The summed E-state index contributed by atoms with van der Waals surface area (Å²) < 4.78 is 5.38. The van der Waals surface area contributed by atoms with E-state index in [0.29, 0.717) is 25.2 Å². The van der Waals surface area contributed by atoms with Gasteiger partial charge in [0.1, 0.15) is 12.3 Å². The molecule has 0 unspecified atom stereocenters. The number of ketones is 1. The van der Waals surface area contributed by atoms with Gasteiger partial charge in [0, 0.05) is 25.6 Å². The van der Waals surface area contributed by atoms with E-state index in [1.807, 2.05) is 43.3 Å². The topological polar surface area (TPSA) is 72.4 Å². The van der Waals surface area contributed by atoms with Gasteiger partial charge in [-0.3, -0.25) is 4.79 Å². The number of carbonyl (C=O) groups excluding carboxylic acids is 2. The molecule has 1 aliphatic heterocycles. The van der Waals surface area contributed by atoms with Crippen LogP contribution < -0.4 is 0 Å². The normalized spacial score (nSPS) is 13.9. The van der Waals surface area contributed by atoms with Crippen molar-refractivity contribution in [3.63, 3.8) is 0 Å². The van der Waals surface area contributed by atoms with Crippen LogP contribution in [0.5, 0.6) is 0 Å². The van der Waals surface area contributed by atoms with E-state index in [1.165, 1.54) is 6.92 Å². The Balaban J connectivity index is 1.67. The number of nitrogens with zero attached hydrogens (tertiary/aromatic N) is 3. The number of hydrogen-bond donors (Lipinski definition) is 0. The molecule has 0 saturated heterocycles. The van der Waals surface area contributed by atoms with Gasteiger partial charge in [0.25, 0.3) is 0 Å². The fourth-order valence-corrected chi connectivity index (χ4v) is 3.00. The molecule has 6 nitrogen and oxygen atoms in total. The fraction of sp³-hybridized carbons (Fsp3) is 0.300. The third-order valence-electron chi connectivity index (χ3n) is 4.37. The Morgan fingerprint density at radius 1 is 1.23 bits per heavy atom. The third-order valence-corrected chi connectivity index (χ3v) is 4.37. The van der Waals surface area contributed by atoms with Gasteiger partial charge in [-0.25, -0.2) is 4.79 Å². The summed E-state index contributed by atoms with van der Waals surface area (Å²) in [5.74, 6) is -0.109. The molecular weight excluding hydrogens is 330 g/mol. The van der Waals surface area contributed by atoms with E-state index >= 15 is 0 Å². The van der Waals surface area contributed by atoms with E-state index in [1.54, 1.807) is 11.1 Å². The second-order valence-electron chi connectivity index (χ2n) is 6.27. The molecule has 0 N–H and O–H groups in total. The van der Waals surface area contributed by atoms with Crippen molar-refractivity contribution < 1.29 is 14.3 Å². The number of amides is 1. The molecular formula is C20H21N3O3. The van der Waals surface area contributed by atoms with Crippen LogP contribution in [0.15, 0.2) is 42.6 Å². The maximum Gasteiger partial charge on any atom is 0.410 e. The zero-order valence-electron chi connectivity index (χ0n) is 14.9. The number of rotatable bonds is 4. The number of benzene rings is 1. The highest BCUT2D eigenvalue weighted by Gasteiger charge is 2.23. The van der Waals surface area contributed by atoms with Crippen molar-refractivity contribution in [3.8, 4) is 0 Å². The van der Waals surface area contributed by atoms with Gasteiger partial charge in [0.2, 0.25) is 0 Å². The van der Waals surface area contributed by atoms with Crippen molar-refractivity contribution in [2.75, 3.05) is 13.1 Å². The summed E-state index contributed by atoms with van der Waals surface area (Å²) in [5.41, 5.74) is 4.12. The number of Topliss-reactive ketones (excluding diaryl/α,β-unsaturated/α-hetero) is 1. The molecule has 0 spiro atoms.